The average Bonchev–Trinajstić information content (AvgIpc) is 2.87. The third-order valence-corrected chi connectivity index (χ3v) is 5.39. The topological polar surface area (TPSA) is 75.6 Å². The van der Waals surface area contributed by atoms with Crippen molar-refractivity contribution in [3.05, 3.63) is 0 Å². The molecule has 0 aromatic heterocycles. The molecule has 2 atom stereocenters. The first kappa shape index (κ1) is 16.3. The zero-order valence-corrected chi connectivity index (χ0v) is 13.3. The lowest BCUT2D eigenvalue weighted by molar-refractivity contribution is -0.153. The Morgan fingerprint density at radius 1 is 1.29 bits per heavy atom. The average molecular weight is 297 g/mol. The van der Waals surface area contributed by atoms with Gasteiger partial charge in [0.25, 0.3) is 0 Å². The smallest absolute Gasteiger partial charge is 0.310 e. The van der Waals surface area contributed by atoms with Gasteiger partial charge in [0, 0.05) is 24.5 Å². The second-order valence-corrected chi connectivity index (χ2v) is 7.09. The highest BCUT2D eigenvalue weighted by atomic mass is 16.5. The van der Waals surface area contributed by atoms with Gasteiger partial charge in [0.1, 0.15) is 0 Å². The van der Waals surface area contributed by atoms with Crippen molar-refractivity contribution < 1.29 is 19.4 Å². The van der Waals surface area contributed by atoms with Crippen molar-refractivity contribution in [1.82, 2.24) is 5.32 Å². The first-order valence-electron chi connectivity index (χ1n) is 7.96. The fraction of sp³-hybridized carbons (Fsp3) is 0.875. The van der Waals surface area contributed by atoms with Gasteiger partial charge in [0.05, 0.1) is 11.5 Å². The fourth-order valence-electron chi connectivity index (χ4n) is 3.69. The number of carboxylic acid groups (broad SMARTS) is 1. The van der Waals surface area contributed by atoms with Crippen LogP contribution >= 0.6 is 0 Å². The van der Waals surface area contributed by atoms with Gasteiger partial charge >= 0.3 is 5.97 Å². The molecular formula is C16H27NO4. The van der Waals surface area contributed by atoms with Gasteiger partial charge in [-0.3, -0.25) is 9.59 Å². The Labute approximate surface area is 126 Å². The summed E-state index contributed by atoms with van der Waals surface area (Å²) in [4.78, 5) is 23.7. The highest BCUT2D eigenvalue weighted by Gasteiger charge is 2.50. The molecule has 0 aromatic rings. The van der Waals surface area contributed by atoms with Crippen LogP contribution in [0.4, 0.5) is 0 Å². The molecule has 2 aliphatic rings. The molecule has 2 fully saturated rings. The van der Waals surface area contributed by atoms with Crippen molar-refractivity contribution in [2.75, 3.05) is 6.61 Å². The van der Waals surface area contributed by atoms with Crippen molar-refractivity contribution in [2.45, 2.75) is 71.4 Å². The molecule has 21 heavy (non-hydrogen) atoms. The van der Waals surface area contributed by atoms with E-state index in [4.69, 9.17) is 4.74 Å². The number of rotatable bonds is 6. The molecule has 0 aliphatic heterocycles. The van der Waals surface area contributed by atoms with Crippen LogP contribution in [0, 0.1) is 10.8 Å². The van der Waals surface area contributed by atoms with Crippen molar-refractivity contribution in [2.24, 2.45) is 10.8 Å². The van der Waals surface area contributed by atoms with Crippen LogP contribution in [0.25, 0.3) is 0 Å². The van der Waals surface area contributed by atoms with E-state index >= 15 is 0 Å². The second kappa shape index (κ2) is 5.95. The van der Waals surface area contributed by atoms with Crippen LogP contribution in [-0.2, 0) is 14.3 Å². The SMILES string of the molecule is CCOC1CC(NC(=O)CC2(C(=O)O)CCCC2)C1(C)C. The van der Waals surface area contributed by atoms with E-state index in [0.29, 0.717) is 19.4 Å². The van der Waals surface area contributed by atoms with Gasteiger partial charge in [0.15, 0.2) is 0 Å². The van der Waals surface area contributed by atoms with Crippen LogP contribution < -0.4 is 5.32 Å². The van der Waals surface area contributed by atoms with Crippen molar-refractivity contribution in [3.8, 4) is 0 Å². The fourth-order valence-corrected chi connectivity index (χ4v) is 3.69. The predicted octanol–water partition coefficient (Wildman–Crippen LogP) is 2.34. The van der Waals surface area contributed by atoms with Crippen LogP contribution in [0.15, 0.2) is 0 Å². The molecule has 2 aliphatic carbocycles. The van der Waals surface area contributed by atoms with E-state index in [1.165, 1.54) is 0 Å². The monoisotopic (exact) mass is 297 g/mol. The Bertz CT molecular complexity index is 413. The zero-order chi connectivity index (χ0) is 15.7. The summed E-state index contributed by atoms with van der Waals surface area (Å²) in [6.07, 6.45) is 4.13. The minimum atomic E-state index is -0.836. The number of carbonyl (C=O) groups is 2. The van der Waals surface area contributed by atoms with E-state index in [9.17, 15) is 14.7 Å². The Morgan fingerprint density at radius 3 is 2.38 bits per heavy atom. The number of hydrogen-bond donors (Lipinski definition) is 2. The number of carboxylic acids is 1. The standard InChI is InChI=1S/C16H27NO4/c1-4-21-12-9-11(15(12,2)3)17-13(18)10-16(14(19)20)7-5-6-8-16/h11-12H,4-10H2,1-3H3,(H,17,18)(H,19,20). The molecule has 5 nitrogen and oxygen atoms in total. The molecule has 0 heterocycles. The molecule has 5 heteroatoms. The number of amides is 1. The summed E-state index contributed by atoms with van der Waals surface area (Å²) < 4.78 is 5.65. The van der Waals surface area contributed by atoms with E-state index < -0.39 is 11.4 Å². The Kier molecular flexibility index (Phi) is 4.61. The number of carbonyl (C=O) groups excluding carboxylic acids is 1. The van der Waals surface area contributed by atoms with Gasteiger partial charge in [-0.2, -0.15) is 0 Å². The lowest BCUT2D eigenvalue weighted by atomic mass is 9.64. The number of ether oxygens (including phenoxy) is 1. The molecule has 0 aromatic carbocycles. The van der Waals surface area contributed by atoms with Crippen molar-refractivity contribution in [3.63, 3.8) is 0 Å². The molecule has 0 radical (unpaired) electrons. The molecular weight excluding hydrogens is 270 g/mol. The quantitative estimate of drug-likeness (QED) is 0.789. The third-order valence-electron chi connectivity index (χ3n) is 5.39. The van der Waals surface area contributed by atoms with Gasteiger partial charge in [-0.1, -0.05) is 26.7 Å². The highest BCUT2D eigenvalue weighted by molar-refractivity contribution is 5.85. The molecule has 2 N–H and O–H groups in total. The van der Waals surface area contributed by atoms with Gasteiger partial charge < -0.3 is 15.2 Å². The summed E-state index contributed by atoms with van der Waals surface area (Å²) in [5, 5.41) is 12.5. The van der Waals surface area contributed by atoms with Gasteiger partial charge in [-0.15, -0.1) is 0 Å². The molecule has 0 saturated heterocycles. The maximum absolute atomic E-state index is 12.2. The van der Waals surface area contributed by atoms with E-state index in [-0.39, 0.29) is 29.9 Å². The van der Waals surface area contributed by atoms with Gasteiger partial charge in [-0.05, 0) is 26.2 Å². The second-order valence-electron chi connectivity index (χ2n) is 7.09. The van der Waals surface area contributed by atoms with E-state index in [1.807, 2.05) is 6.92 Å². The largest absolute Gasteiger partial charge is 0.481 e. The lowest BCUT2D eigenvalue weighted by Crippen LogP contribution is -2.62. The summed E-state index contributed by atoms with van der Waals surface area (Å²) >= 11 is 0. The van der Waals surface area contributed by atoms with Gasteiger partial charge in [-0.25, -0.2) is 0 Å². The zero-order valence-electron chi connectivity index (χ0n) is 13.3. The molecule has 120 valence electrons. The molecule has 0 bridgehead atoms. The maximum atomic E-state index is 12.2. The minimum absolute atomic E-state index is 0.0776. The van der Waals surface area contributed by atoms with Crippen LogP contribution in [0.5, 0.6) is 0 Å². The predicted molar refractivity (Wildman–Crippen MR) is 78.9 cm³/mol. The molecule has 0 spiro atoms. The summed E-state index contributed by atoms with van der Waals surface area (Å²) in [7, 11) is 0. The van der Waals surface area contributed by atoms with Crippen LogP contribution in [0.3, 0.4) is 0 Å². The Balaban J connectivity index is 1.90. The summed E-state index contributed by atoms with van der Waals surface area (Å²) in [6.45, 7) is 6.82. The first-order valence-corrected chi connectivity index (χ1v) is 7.96. The third kappa shape index (κ3) is 3.07. The Hall–Kier alpha value is -1.10. The first-order chi connectivity index (χ1) is 9.82. The number of nitrogens with one attached hydrogen (secondary N) is 1. The summed E-state index contributed by atoms with van der Waals surface area (Å²) in [6, 6.07) is 0.0776. The normalized spacial score (nSPS) is 29.7. The molecule has 2 unspecified atom stereocenters. The van der Waals surface area contributed by atoms with Crippen LogP contribution in [0.1, 0.15) is 59.3 Å². The van der Waals surface area contributed by atoms with Crippen LogP contribution in [-0.4, -0.2) is 35.7 Å². The van der Waals surface area contributed by atoms with E-state index in [0.717, 1.165) is 19.3 Å². The van der Waals surface area contributed by atoms with Crippen LogP contribution in [0.2, 0.25) is 0 Å². The minimum Gasteiger partial charge on any atom is -0.481 e. The lowest BCUT2D eigenvalue weighted by Gasteiger charge is -2.51. The molecule has 2 rings (SSSR count). The van der Waals surface area contributed by atoms with Gasteiger partial charge in [0.2, 0.25) is 5.91 Å². The van der Waals surface area contributed by atoms with E-state index in [1.54, 1.807) is 0 Å². The van der Waals surface area contributed by atoms with Crippen molar-refractivity contribution >= 4 is 11.9 Å². The highest BCUT2D eigenvalue weighted by Crippen LogP contribution is 2.44. The summed E-state index contributed by atoms with van der Waals surface area (Å²) in [5.74, 6) is -0.956. The molecule has 1 amide bonds. The Morgan fingerprint density at radius 2 is 1.90 bits per heavy atom. The number of hydrogen-bond acceptors (Lipinski definition) is 3. The van der Waals surface area contributed by atoms with Crippen molar-refractivity contribution in [1.29, 1.82) is 0 Å². The number of aliphatic carboxylic acids is 1. The van der Waals surface area contributed by atoms with E-state index in [2.05, 4.69) is 19.2 Å². The molecule has 2 saturated carbocycles. The maximum Gasteiger partial charge on any atom is 0.310 e. The summed E-state index contributed by atoms with van der Waals surface area (Å²) in [5.41, 5.74) is -0.922.